The number of hydrogen-bond donors (Lipinski definition) is 1. The van der Waals surface area contributed by atoms with Crippen molar-refractivity contribution in [3.63, 3.8) is 0 Å². The molecule has 4 atom stereocenters. The fraction of sp³-hybridized carbons (Fsp3) is 0.500. The van der Waals surface area contributed by atoms with Crippen LogP contribution in [0.15, 0.2) is 36.4 Å². The van der Waals surface area contributed by atoms with Gasteiger partial charge in [0, 0.05) is 5.41 Å². The molecule has 0 aromatic heterocycles. The Morgan fingerprint density at radius 2 is 1.95 bits per heavy atom. The van der Waals surface area contributed by atoms with E-state index in [9.17, 15) is 5.11 Å². The number of fused-ring (bicyclic) bond motifs is 6. The Kier molecular flexibility index (Phi) is 2.32. The van der Waals surface area contributed by atoms with E-state index in [4.69, 9.17) is 0 Å². The van der Waals surface area contributed by atoms with Gasteiger partial charge in [-0.1, -0.05) is 30.7 Å². The SMILES string of the molecule is Oc1cc(C23CCCC2C2CCC3C2)c2ccccc2c1. The average Bonchev–Trinajstić information content (AvgIpc) is 3.18. The van der Waals surface area contributed by atoms with Crippen molar-refractivity contribution in [1.82, 2.24) is 0 Å². The Morgan fingerprint density at radius 3 is 2.90 bits per heavy atom. The number of phenolic OH excluding ortho intramolecular Hbond substituents is 1. The molecule has 0 radical (unpaired) electrons. The molecule has 2 aromatic carbocycles. The van der Waals surface area contributed by atoms with E-state index >= 15 is 0 Å². The van der Waals surface area contributed by atoms with Crippen LogP contribution in [0.1, 0.15) is 44.1 Å². The van der Waals surface area contributed by atoms with Gasteiger partial charge in [0.1, 0.15) is 5.75 Å². The van der Waals surface area contributed by atoms with Crippen LogP contribution in [0.4, 0.5) is 0 Å². The van der Waals surface area contributed by atoms with Crippen LogP contribution in [0.3, 0.4) is 0 Å². The summed E-state index contributed by atoms with van der Waals surface area (Å²) >= 11 is 0. The minimum Gasteiger partial charge on any atom is -0.508 e. The monoisotopic (exact) mass is 278 g/mol. The first-order valence-corrected chi connectivity index (χ1v) is 8.51. The van der Waals surface area contributed by atoms with Crippen LogP contribution in [-0.4, -0.2) is 5.11 Å². The van der Waals surface area contributed by atoms with Gasteiger partial charge in [0.2, 0.25) is 0 Å². The summed E-state index contributed by atoms with van der Waals surface area (Å²) in [5, 5.41) is 12.8. The van der Waals surface area contributed by atoms with Gasteiger partial charge in [0.15, 0.2) is 0 Å². The van der Waals surface area contributed by atoms with Crippen molar-refractivity contribution >= 4 is 10.8 Å². The molecule has 0 heterocycles. The lowest BCUT2D eigenvalue weighted by atomic mass is 9.63. The lowest BCUT2D eigenvalue weighted by Crippen LogP contribution is -2.36. The minimum atomic E-state index is 0.376. The molecular weight excluding hydrogens is 256 g/mol. The first kappa shape index (κ1) is 12.1. The second-order valence-electron chi connectivity index (χ2n) is 7.52. The first-order chi connectivity index (χ1) is 10.3. The molecule has 1 heteroatoms. The van der Waals surface area contributed by atoms with E-state index in [2.05, 4.69) is 30.3 Å². The molecule has 0 spiro atoms. The number of aromatic hydroxyl groups is 1. The standard InChI is InChI=1S/C20H22O/c21-16-11-13-4-1-2-5-17(13)19(12-16)20-9-3-6-18(20)14-7-8-15(20)10-14/h1-2,4-5,11-12,14-15,18,21H,3,6-10H2. The van der Waals surface area contributed by atoms with E-state index in [0.717, 1.165) is 17.8 Å². The summed E-state index contributed by atoms with van der Waals surface area (Å²) in [5.74, 6) is 3.15. The molecule has 2 aromatic rings. The van der Waals surface area contributed by atoms with E-state index in [1.54, 1.807) is 0 Å². The molecule has 5 rings (SSSR count). The third-order valence-electron chi connectivity index (χ3n) is 6.89. The van der Waals surface area contributed by atoms with Gasteiger partial charge in [-0.3, -0.25) is 0 Å². The first-order valence-electron chi connectivity index (χ1n) is 8.51. The summed E-state index contributed by atoms with van der Waals surface area (Å²) in [6.45, 7) is 0. The molecule has 2 bridgehead atoms. The smallest absolute Gasteiger partial charge is 0.116 e. The molecule has 3 fully saturated rings. The molecule has 3 aliphatic carbocycles. The number of rotatable bonds is 1. The van der Waals surface area contributed by atoms with E-state index in [-0.39, 0.29) is 0 Å². The van der Waals surface area contributed by atoms with E-state index < -0.39 is 0 Å². The Hall–Kier alpha value is -1.50. The molecule has 0 aliphatic heterocycles. The minimum absolute atomic E-state index is 0.376. The molecule has 0 amide bonds. The highest BCUT2D eigenvalue weighted by Gasteiger charge is 2.60. The van der Waals surface area contributed by atoms with Crippen molar-refractivity contribution in [1.29, 1.82) is 0 Å². The van der Waals surface area contributed by atoms with Crippen LogP contribution in [0.2, 0.25) is 0 Å². The second kappa shape index (κ2) is 4.03. The van der Waals surface area contributed by atoms with Crippen molar-refractivity contribution in [3.05, 3.63) is 42.0 Å². The maximum Gasteiger partial charge on any atom is 0.116 e. The van der Waals surface area contributed by atoms with E-state index in [1.807, 2.05) is 6.07 Å². The van der Waals surface area contributed by atoms with Crippen molar-refractivity contribution < 1.29 is 5.11 Å². The topological polar surface area (TPSA) is 20.2 Å². The number of hydrogen-bond acceptors (Lipinski definition) is 1. The van der Waals surface area contributed by atoms with Crippen LogP contribution >= 0.6 is 0 Å². The second-order valence-corrected chi connectivity index (χ2v) is 7.52. The van der Waals surface area contributed by atoms with Gasteiger partial charge in [-0.25, -0.2) is 0 Å². The van der Waals surface area contributed by atoms with Gasteiger partial charge in [-0.15, -0.1) is 0 Å². The Bertz CT molecular complexity index is 719. The summed E-state index contributed by atoms with van der Waals surface area (Å²) in [7, 11) is 0. The van der Waals surface area contributed by atoms with Crippen LogP contribution in [-0.2, 0) is 5.41 Å². The maximum absolute atomic E-state index is 10.3. The van der Waals surface area contributed by atoms with Crippen LogP contribution in [0, 0.1) is 17.8 Å². The third-order valence-corrected chi connectivity index (χ3v) is 6.89. The third kappa shape index (κ3) is 1.42. The maximum atomic E-state index is 10.3. The van der Waals surface area contributed by atoms with Gasteiger partial charge in [0.05, 0.1) is 0 Å². The molecule has 108 valence electrons. The van der Waals surface area contributed by atoms with Crippen LogP contribution in [0.5, 0.6) is 5.75 Å². The van der Waals surface area contributed by atoms with Crippen molar-refractivity contribution in [2.24, 2.45) is 17.8 Å². The number of benzene rings is 2. The van der Waals surface area contributed by atoms with Crippen molar-refractivity contribution in [2.45, 2.75) is 43.9 Å². The lowest BCUT2D eigenvalue weighted by molar-refractivity contribution is 0.205. The van der Waals surface area contributed by atoms with E-state index in [0.29, 0.717) is 11.2 Å². The zero-order valence-electron chi connectivity index (χ0n) is 12.4. The van der Waals surface area contributed by atoms with Gasteiger partial charge >= 0.3 is 0 Å². The van der Waals surface area contributed by atoms with Gasteiger partial charge in [-0.2, -0.15) is 0 Å². The van der Waals surface area contributed by atoms with Crippen LogP contribution < -0.4 is 0 Å². The predicted octanol–water partition coefficient (Wildman–Crippen LogP) is 5.01. The molecular formula is C20H22O. The molecule has 0 saturated heterocycles. The molecule has 3 saturated carbocycles. The Balaban J connectivity index is 1.81. The van der Waals surface area contributed by atoms with Crippen LogP contribution in [0.25, 0.3) is 10.8 Å². The highest BCUT2D eigenvalue weighted by molar-refractivity contribution is 5.88. The molecule has 3 aliphatic rings. The zero-order chi connectivity index (χ0) is 14.0. The van der Waals surface area contributed by atoms with Crippen molar-refractivity contribution in [2.75, 3.05) is 0 Å². The van der Waals surface area contributed by atoms with E-state index in [1.165, 1.54) is 54.9 Å². The fourth-order valence-electron chi connectivity index (χ4n) is 6.30. The molecule has 21 heavy (non-hydrogen) atoms. The largest absolute Gasteiger partial charge is 0.508 e. The molecule has 1 N–H and O–H groups in total. The summed E-state index contributed by atoms with van der Waals surface area (Å²) in [6, 6.07) is 12.7. The molecule has 1 nitrogen and oxygen atoms in total. The zero-order valence-corrected chi connectivity index (χ0v) is 12.4. The lowest BCUT2D eigenvalue weighted by Gasteiger charge is -2.41. The summed E-state index contributed by atoms with van der Waals surface area (Å²) in [4.78, 5) is 0. The molecule has 4 unspecified atom stereocenters. The summed E-state index contributed by atoms with van der Waals surface area (Å²) in [5.41, 5.74) is 1.84. The Labute approximate surface area is 126 Å². The predicted molar refractivity (Wildman–Crippen MR) is 85.5 cm³/mol. The normalized spacial score (nSPS) is 37.2. The fourth-order valence-corrected chi connectivity index (χ4v) is 6.30. The van der Waals surface area contributed by atoms with Gasteiger partial charge in [0.25, 0.3) is 0 Å². The Morgan fingerprint density at radius 1 is 1.05 bits per heavy atom. The quantitative estimate of drug-likeness (QED) is 0.777. The van der Waals surface area contributed by atoms with Gasteiger partial charge in [-0.05, 0) is 78.3 Å². The van der Waals surface area contributed by atoms with Gasteiger partial charge < -0.3 is 5.11 Å². The van der Waals surface area contributed by atoms with Crippen molar-refractivity contribution in [3.8, 4) is 5.75 Å². The average molecular weight is 278 g/mol. The number of phenols is 1. The highest BCUT2D eigenvalue weighted by Crippen LogP contribution is 2.67. The summed E-state index contributed by atoms with van der Waals surface area (Å²) in [6.07, 6.45) is 8.42. The highest BCUT2D eigenvalue weighted by atomic mass is 16.3. The summed E-state index contributed by atoms with van der Waals surface area (Å²) < 4.78 is 0.